The normalized spacial score (nSPS) is 12.2. The molecule has 0 radical (unpaired) electrons. The molecule has 6 aromatic carbocycles. The topological polar surface area (TPSA) is 38.9 Å². The van der Waals surface area contributed by atoms with Crippen molar-refractivity contribution in [1.29, 1.82) is 0 Å². The van der Waals surface area contributed by atoms with Crippen LogP contribution < -0.4 is 0 Å². The Balaban J connectivity index is 1.12. The lowest BCUT2D eigenvalue weighted by Gasteiger charge is -2.12. The zero-order valence-electron chi connectivity index (χ0n) is 26.2. The molecular weight excluding hydrogens is 585 g/mol. The minimum atomic E-state index is 0.707. The van der Waals surface area contributed by atoms with Gasteiger partial charge in [-0.15, -0.1) is 0 Å². The van der Waals surface area contributed by atoms with Gasteiger partial charge in [0, 0.05) is 33.2 Å². The average Bonchev–Trinajstić information content (AvgIpc) is 3.47. The second-order valence-corrected chi connectivity index (χ2v) is 12.1. The second-order valence-electron chi connectivity index (χ2n) is 12.1. The van der Waals surface area contributed by atoms with E-state index in [1.165, 1.54) is 22.3 Å². The first-order valence-corrected chi connectivity index (χ1v) is 16.3. The van der Waals surface area contributed by atoms with E-state index in [1.807, 2.05) is 30.3 Å². The fourth-order valence-corrected chi connectivity index (χ4v) is 6.74. The Kier molecular flexibility index (Phi) is 6.87. The average molecular weight is 615 g/mol. The lowest BCUT2D eigenvalue weighted by atomic mass is 9.93. The maximum absolute atomic E-state index is 6.53. The van der Waals surface area contributed by atoms with Crippen LogP contribution in [0.4, 0.5) is 0 Å². The Hall–Kier alpha value is -6.32. The van der Waals surface area contributed by atoms with E-state index in [1.54, 1.807) is 0 Å². The number of rotatable bonds is 5. The number of aromatic nitrogens is 2. The highest BCUT2D eigenvalue weighted by Gasteiger charge is 2.24. The highest BCUT2D eigenvalue weighted by Crippen LogP contribution is 2.44. The Bertz CT molecular complexity index is 2440. The third-order valence-corrected chi connectivity index (χ3v) is 9.19. The van der Waals surface area contributed by atoms with Crippen LogP contribution >= 0.6 is 0 Å². The van der Waals surface area contributed by atoms with Gasteiger partial charge in [0.15, 0.2) is 5.82 Å². The molecule has 0 atom stereocenters. The monoisotopic (exact) mass is 614 g/mol. The van der Waals surface area contributed by atoms with Crippen molar-refractivity contribution in [2.75, 3.05) is 0 Å². The summed E-state index contributed by atoms with van der Waals surface area (Å²) in [6.45, 7) is 0. The van der Waals surface area contributed by atoms with Crippen molar-refractivity contribution < 1.29 is 4.42 Å². The molecule has 0 aliphatic heterocycles. The van der Waals surface area contributed by atoms with Crippen molar-refractivity contribution in [1.82, 2.24) is 9.97 Å². The molecular formula is C45H30N2O. The number of hydrogen-bond acceptors (Lipinski definition) is 3. The molecule has 226 valence electrons. The second kappa shape index (κ2) is 11.8. The molecule has 1 aliphatic rings. The summed E-state index contributed by atoms with van der Waals surface area (Å²) in [4.78, 5) is 10.1. The van der Waals surface area contributed by atoms with Gasteiger partial charge in [-0.3, -0.25) is 0 Å². The Labute approximate surface area is 279 Å². The largest absolute Gasteiger partial charge is 0.455 e. The maximum Gasteiger partial charge on any atom is 0.160 e. The molecule has 48 heavy (non-hydrogen) atoms. The van der Waals surface area contributed by atoms with Gasteiger partial charge in [-0.25, -0.2) is 9.97 Å². The van der Waals surface area contributed by atoms with Gasteiger partial charge >= 0.3 is 0 Å². The van der Waals surface area contributed by atoms with Crippen molar-refractivity contribution in [2.45, 2.75) is 6.42 Å². The number of fused-ring (bicyclic) bond motifs is 5. The summed E-state index contributed by atoms with van der Waals surface area (Å²) in [5.74, 6) is 1.64. The molecule has 0 saturated heterocycles. The van der Waals surface area contributed by atoms with Gasteiger partial charge in [-0.05, 0) is 46.4 Å². The molecule has 9 rings (SSSR count). The van der Waals surface area contributed by atoms with E-state index >= 15 is 0 Å². The number of hydrogen-bond donors (Lipinski definition) is 0. The Morgan fingerprint density at radius 3 is 1.71 bits per heavy atom. The van der Waals surface area contributed by atoms with E-state index in [0.717, 1.165) is 67.9 Å². The lowest BCUT2D eigenvalue weighted by Crippen LogP contribution is -1.96. The van der Waals surface area contributed by atoms with E-state index in [-0.39, 0.29) is 0 Å². The van der Waals surface area contributed by atoms with Gasteiger partial charge in [0.25, 0.3) is 0 Å². The van der Waals surface area contributed by atoms with Gasteiger partial charge < -0.3 is 4.42 Å². The standard InChI is InChI=1S/C45H30N2O/c1-3-11-30(12-4-1)31-19-23-34(24-20-31)40-29-41(47-45(46-40)36-14-5-2-6-15-36)35-25-21-33(22-26-35)37-28-27-32-13-7-8-16-38(32)44-43(37)39-17-9-10-18-42(39)48-44/h1-26,28-29H,27H2. The summed E-state index contributed by atoms with van der Waals surface area (Å²) < 4.78 is 6.53. The van der Waals surface area contributed by atoms with Crippen molar-refractivity contribution in [2.24, 2.45) is 0 Å². The van der Waals surface area contributed by atoms with E-state index in [4.69, 9.17) is 14.4 Å². The molecule has 3 nitrogen and oxygen atoms in total. The summed E-state index contributed by atoms with van der Waals surface area (Å²) >= 11 is 0. The summed E-state index contributed by atoms with van der Waals surface area (Å²) in [5.41, 5.74) is 14.0. The fourth-order valence-electron chi connectivity index (χ4n) is 6.74. The lowest BCUT2D eigenvalue weighted by molar-refractivity contribution is 0.630. The predicted molar refractivity (Wildman–Crippen MR) is 196 cm³/mol. The third kappa shape index (κ3) is 5.03. The molecule has 0 amide bonds. The molecule has 0 bridgehead atoms. The number of benzene rings is 6. The zero-order valence-corrected chi connectivity index (χ0v) is 26.2. The van der Waals surface area contributed by atoms with Crippen LogP contribution in [0.15, 0.2) is 174 Å². The first kappa shape index (κ1) is 27.9. The number of nitrogens with zero attached hydrogens (tertiary/aromatic N) is 2. The number of allylic oxidation sites excluding steroid dienone is 1. The number of furan rings is 1. The van der Waals surface area contributed by atoms with Crippen molar-refractivity contribution >= 4 is 16.5 Å². The predicted octanol–water partition coefficient (Wildman–Crippen LogP) is 11.5. The van der Waals surface area contributed by atoms with Crippen LogP contribution in [0.2, 0.25) is 0 Å². The van der Waals surface area contributed by atoms with E-state index < -0.39 is 0 Å². The quantitative estimate of drug-likeness (QED) is 0.194. The Morgan fingerprint density at radius 1 is 0.458 bits per heavy atom. The molecule has 1 aliphatic carbocycles. The molecule has 0 unspecified atom stereocenters. The highest BCUT2D eigenvalue weighted by molar-refractivity contribution is 6.03. The molecule has 2 aromatic heterocycles. The van der Waals surface area contributed by atoms with Crippen LogP contribution in [0.5, 0.6) is 0 Å². The number of para-hydroxylation sites is 1. The Morgan fingerprint density at radius 2 is 1.00 bits per heavy atom. The van der Waals surface area contributed by atoms with Gasteiger partial charge in [0.2, 0.25) is 0 Å². The summed E-state index contributed by atoms with van der Waals surface area (Å²) in [6, 6.07) is 57.0. The first-order valence-electron chi connectivity index (χ1n) is 16.3. The van der Waals surface area contributed by atoms with Crippen LogP contribution in [-0.4, -0.2) is 9.97 Å². The molecule has 2 heterocycles. The van der Waals surface area contributed by atoms with Crippen LogP contribution in [-0.2, 0) is 6.42 Å². The zero-order chi connectivity index (χ0) is 31.9. The van der Waals surface area contributed by atoms with E-state index in [0.29, 0.717) is 5.82 Å². The fraction of sp³-hybridized carbons (Fsp3) is 0.0222. The summed E-state index contributed by atoms with van der Waals surface area (Å²) in [5, 5.41) is 1.13. The molecule has 0 fully saturated rings. The van der Waals surface area contributed by atoms with Crippen LogP contribution in [0.1, 0.15) is 16.7 Å². The SMILES string of the molecule is C1=C(c2ccc(-c3cc(-c4ccc(-c5ccccc5)cc4)nc(-c4ccccc4)n3)cc2)c2c(oc3ccccc23)-c2ccccc2C1. The molecule has 3 heteroatoms. The van der Waals surface area contributed by atoms with Crippen LogP contribution in [0.3, 0.4) is 0 Å². The minimum absolute atomic E-state index is 0.707. The van der Waals surface area contributed by atoms with Gasteiger partial charge in [0.05, 0.1) is 11.4 Å². The van der Waals surface area contributed by atoms with Gasteiger partial charge in [0.1, 0.15) is 11.3 Å². The van der Waals surface area contributed by atoms with E-state index in [2.05, 4.69) is 140 Å². The van der Waals surface area contributed by atoms with Gasteiger partial charge in [-0.2, -0.15) is 0 Å². The van der Waals surface area contributed by atoms with Crippen molar-refractivity contribution in [3.05, 3.63) is 187 Å². The highest BCUT2D eigenvalue weighted by atomic mass is 16.3. The summed E-state index contributed by atoms with van der Waals surface area (Å²) in [6.07, 6.45) is 3.18. The van der Waals surface area contributed by atoms with E-state index in [9.17, 15) is 0 Å². The molecule has 0 saturated carbocycles. The molecule has 0 spiro atoms. The molecule has 0 N–H and O–H groups in total. The van der Waals surface area contributed by atoms with Gasteiger partial charge in [-0.1, -0.05) is 158 Å². The minimum Gasteiger partial charge on any atom is -0.455 e. The van der Waals surface area contributed by atoms with Crippen LogP contribution in [0.25, 0.3) is 72.9 Å². The van der Waals surface area contributed by atoms with Crippen molar-refractivity contribution in [3.63, 3.8) is 0 Å². The van der Waals surface area contributed by atoms with Crippen molar-refractivity contribution in [3.8, 4) is 56.4 Å². The van der Waals surface area contributed by atoms with Crippen LogP contribution in [0, 0.1) is 0 Å². The maximum atomic E-state index is 6.53. The molecule has 8 aromatic rings. The smallest absolute Gasteiger partial charge is 0.160 e. The third-order valence-electron chi connectivity index (χ3n) is 9.19. The summed E-state index contributed by atoms with van der Waals surface area (Å²) in [7, 11) is 0. The first-order chi connectivity index (χ1) is 23.8.